The predicted octanol–water partition coefficient (Wildman–Crippen LogP) is 1.42. The summed E-state index contributed by atoms with van der Waals surface area (Å²) < 4.78 is 29.9. The van der Waals surface area contributed by atoms with Gasteiger partial charge in [-0.2, -0.15) is 0 Å². The fourth-order valence-electron chi connectivity index (χ4n) is 2.33. The van der Waals surface area contributed by atoms with Gasteiger partial charge < -0.3 is 14.6 Å². The first kappa shape index (κ1) is 16.0. The summed E-state index contributed by atoms with van der Waals surface area (Å²) in [4.78, 5) is 0. The maximum Gasteiger partial charge on any atom is 0.149 e. The molecule has 0 bridgehead atoms. The van der Waals surface area contributed by atoms with E-state index in [1.54, 1.807) is 7.11 Å². The van der Waals surface area contributed by atoms with Crippen LogP contribution in [0.1, 0.15) is 5.69 Å². The van der Waals surface area contributed by atoms with Gasteiger partial charge in [-0.05, 0) is 17.5 Å². The van der Waals surface area contributed by atoms with Crippen molar-refractivity contribution in [3.8, 4) is 0 Å². The summed E-state index contributed by atoms with van der Waals surface area (Å²) in [6, 6.07) is 10.1. The van der Waals surface area contributed by atoms with Crippen LogP contribution in [0.4, 0.5) is 0 Å². The zero-order chi connectivity index (χ0) is 15.3. The summed E-state index contributed by atoms with van der Waals surface area (Å²) in [5.41, 5.74) is 2.17. The predicted molar refractivity (Wildman–Crippen MR) is 85.2 cm³/mol. The molecular formula is C15H22N2O3S. The van der Waals surface area contributed by atoms with Crippen molar-refractivity contribution in [3.63, 3.8) is 0 Å². The van der Waals surface area contributed by atoms with Gasteiger partial charge in [0, 0.05) is 44.2 Å². The highest BCUT2D eigenvalue weighted by Gasteiger charge is 2.10. The molecule has 0 fully saturated rings. The molecule has 0 amide bonds. The third-order valence-electron chi connectivity index (χ3n) is 3.37. The van der Waals surface area contributed by atoms with Gasteiger partial charge in [-0.25, -0.2) is 8.42 Å². The van der Waals surface area contributed by atoms with Crippen LogP contribution in [0, 0.1) is 0 Å². The maximum absolute atomic E-state index is 11.4. The topological polar surface area (TPSA) is 60.3 Å². The van der Waals surface area contributed by atoms with Gasteiger partial charge in [0.25, 0.3) is 0 Å². The third-order valence-corrected chi connectivity index (χ3v) is 4.30. The first-order valence-corrected chi connectivity index (χ1v) is 9.02. The first-order valence-electron chi connectivity index (χ1n) is 6.96. The zero-order valence-corrected chi connectivity index (χ0v) is 13.3. The van der Waals surface area contributed by atoms with Gasteiger partial charge in [0.2, 0.25) is 0 Å². The molecule has 2 rings (SSSR count). The van der Waals surface area contributed by atoms with E-state index in [-0.39, 0.29) is 5.75 Å². The SMILES string of the molecule is COCCNCc1cc2ccccc2n1CCS(C)(=O)=O. The Bertz CT molecular complexity index is 692. The Morgan fingerprint density at radius 1 is 1.29 bits per heavy atom. The van der Waals surface area contributed by atoms with Gasteiger partial charge in [0.15, 0.2) is 0 Å². The standard InChI is InChI=1S/C15H22N2O3S/c1-20-9-7-16-12-14-11-13-5-3-4-6-15(13)17(14)8-10-21(2,18)19/h3-6,11,16H,7-10,12H2,1-2H3. The number of aromatic nitrogens is 1. The molecule has 0 radical (unpaired) electrons. The van der Waals surface area contributed by atoms with Crippen molar-refractivity contribution in [1.82, 2.24) is 9.88 Å². The van der Waals surface area contributed by atoms with E-state index in [0.717, 1.165) is 23.1 Å². The summed E-state index contributed by atoms with van der Waals surface area (Å²) in [6.07, 6.45) is 1.27. The molecule has 2 aromatic rings. The molecule has 0 saturated heterocycles. The molecule has 116 valence electrons. The average Bonchev–Trinajstić information content (AvgIpc) is 2.78. The number of nitrogens with zero attached hydrogens (tertiary/aromatic N) is 1. The van der Waals surface area contributed by atoms with E-state index in [2.05, 4.69) is 16.0 Å². The van der Waals surface area contributed by atoms with E-state index in [1.165, 1.54) is 6.26 Å². The molecule has 5 nitrogen and oxygen atoms in total. The van der Waals surface area contributed by atoms with E-state index >= 15 is 0 Å². The molecule has 21 heavy (non-hydrogen) atoms. The van der Waals surface area contributed by atoms with Crippen molar-refractivity contribution < 1.29 is 13.2 Å². The third kappa shape index (κ3) is 4.56. The summed E-state index contributed by atoms with van der Waals surface area (Å²) in [5.74, 6) is 0.150. The average molecular weight is 310 g/mol. The van der Waals surface area contributed by atoms with Crippen LogP contribution < -0.4 is 5.32 Å². The van der Waals surface area contributed by atoms with Crippen LogP contribution >= 0.6 is 0 Å². The molecule has 1 heterocycles. The van der Waals surface area contributed by atoms with Crippen LogP contribution in [0.15, 0.2) is 30.3 Å². The molecule has 0 atom stereocenters. The molecule has 1 aromatic heterocycles. The molecular weight excluding hydrogens is 288 g/mol. The van der Waals surface area contributed by atoms with Crippen LogP contribution in [0.25, 0.3) is 10.9 Å². The molecule has 0 saturated carbocycles. The van der Waals surface area contributed by atoms with Crippen molar-refractivity contribution >= 4 is 20.7 Å². The van der Waals surface area contributed by atoms with Crippen molar-refractivity contribution in [2.75, 3.05) is 32.3 Å². The van der Waals surface area contributed by atoms with E-state index < -0.39 is 9.84 Å². The number of ether oxygens (including phenoxy) is 1. The lowest BCUT2D eigenvalue weighted by Crippen LogP contribution is -2.21. The number of rotatable bonds is 8. The fourth-order valence-corrected chi connectivity index (χ4v) is 2.84. The zero-order valence-electron chi connectivity index (χ0n) is 12.5. The summed E-state index contributed by atoms with van der Waals surface area (Å²) in [5, 5.41) is 4.44. The maximum atomic E-state index is 11.4. The second-order valence-corrected chi connectivity index (χ2v) is 7.41. The second kappa shape index (κ2) is 7.06. The Hall–Kier alpha value is -1.37. The number of para-hydroxylation sites is 1. The lowest BCUT2D eigenvalue weighted by molar-refractivity contribution is 0.199. The number of sulfone groups is 1. The number of nitrogens with one attached hydrogen (secondary N) is 1. The Labute approximate surface area is 125 Å². The molecule has 0 spiro atoms. The lowest BCUT2D eigenvalue weighted by atomic mass is 10.2. The summed E-state index contributed by atoms with van der Waals surface area (Å²) >= 11 is 0. The van der Waals surface area contributed by atoms with Crippen LogP contribution in [0.5, 0.6) is 0 Å². The molecule has 6 heteroatoms. The van der Waals surface area contributed by atoms with Gasteiger partial charge >= 0.3 is 0 Å². The number of hydrogen-bond acceptors (Lipinski definition) is 4. The normalized spacial score (nSPS) is 12.1. The Balaban J connectivity index is 2.21. The van der Waals surface area contributed by atoms with Crippen LogP contribution in [-0.2, 0) is 27.7 Å². The van der Waals surface area contributed by atoms with Gasteiger partial charge in [-0.3, -0.25) is 0 Å². The first-order chi connectivity index (χ1) is 10.0. The minimum atomic E-state index is -2.98. The number of benzene rings is 1. The number of fused-ring (bicyclic) bond motifs is 1. The van der Waals surface area contributed by atoms with E-state index in [9.17, 15) is 8.42 Å². The molecule has 0 aliphatic heterocycles. The number of aryl methyl sites for hydroxylation is 1. The summed E-state index contributed by atoms with van der Waals surface area (Å²) in [6.45, 7) is 2.60. The smallest absolute Gasteiger partial charge is 0.149 e. The van der Waals surface area contributed by atoms with E-state index in [0.29, 0.717) is 19.7 Å². The van der Waals surface area contributed by atoms with Crippen molar-refractivity contribution in [2.24, 2.45) is 0 Å². The number of hydrogen-bond donors (Lipinski definition) is 1. The highest BCUT2D eigenvalue weighted by molar-refractivity contribution is 7.90. The molecule has 0 aliphatic carbocycles. The van der Waals surface area contributed by atoms with E-state index in [4.69, 9.17) is 4.74 Å². The molecule has 0 aliphatic rings. The minimum Gasteiger partial charge on any atom is -0.383 e. The lowest BCUT2D eigenvalue weighted by Gasteiger charge is -2.11. The van der Waals surface area contributed by atoms with Crippen LogP contribution in [-0.4, -0.2) is 45.3 Å². The Kier molecular flexibility index (Phi) is 5.39. The van der Waals surface area contributed by atoms with Gasteiger partial charge in [0.05, 0.1) is 12.4 Å². The number of methoxy groups -OCH3 is 1. The van der Waals surface area contributed by atoms with Crippen molar-refractivity contribution in [2.45, 2.75) is 13.1 Å². The monoisotopic (exact) mass is 310 g/mol. The largest absolute Gasteiger partial charge is 0.383 e. The molecule has 1 N–H and O–H groups in total. The van der Waals surface area contributed by atoms with Crippen LogP contribution in [0.3, 0.4) is 0 Å². The van der Waals surface area contributed by atoms with Crippen molar-refractivity contribution in [3.05, 3.63) is 36.0 Å². The fraction of sp³-hybridized carbons (Fsp3) is 0.467. The minimum absolute atomic E-state index is 0.150. The van der Waals surface area contributed by atoms with Crippen LogP contribution in [0.2, 0.25) is 0 Å². The highest BCUT2D eigenvalue weighted by atomic mass is 32.2. The molecule has 0 unspecified atom stereocenters. The Morgan fingerprint density at radius 2 is 2.05 bits per heavy atom. The van der Waals surface area contributed by atoms with Gasteiger partial charge in [-0.15, -0.1) is 0 Å². The van der Waals surface area contributed by atoms with Crippen molar-refractivity contribution in [1.29, 1.82) is 0 Å². The highest BCUT2D eigenvalue weighted by Crippen LogP contribution is 2.20. The van der Waals surface area contributed by atoms with E-state index in [1.807, 2.05) is 24.3 Å². The second-order valence-electron chi connectivity index (χ2n) is 5.15. The summed E-state index contributed by atoms with van der Waals surface area (Å²) in [7, 11) is -1.30. The van der Waals surface area contributed by atoms with Gasteiger partial charge in [-0.1, -0.05) is 18.2 Å². The molecule has 1 aromatic carbocycles. The quantitative estimate of drug-likeness (QED) is 0.749. The Morgan fingerprint density at radius 3 is 2.76 bits per heavy atom. The van der Waals surface area contributed by atoms with Gasteiger partial charge in [0.1, 0.15) is 9.84 Å².